The molecule has 1 saturated carbocycles. The smallest absolute Gasteiger partial charge is 0.0141 e. The fourth-order valence-corrected chi connectivity index (χ4v) is 2.22. The minimum Gasteiger partial charge on any atom is -0.103 e. The van der Waals surface area contributed by atoms with E-state index in [4.69, 9.17) is 0 Å². The molecule has 0 aromatic carbocycles. The first-order valence-electron chi connectivity index (χ1n) is 5.63. The summed E-state index contributed by atoms with van der Waals surface area (Å²) in [6.07, 6.45) is 12.9. The van der Waals surface area contributed by atoms with Crippen LogP contribution in [0.25, 0.3) is 0 Å². The van der Waals surface area contributed by atoms with Crippen molar-refractivity contribution in [2.45, 2.75) is 51.4 Å². The average Bonchev–Trinajstić information content (AvgIpc) is 2.03. The van der Waals surface area contributed by atoms with Gasteiger partial charge in [-0.25, -0.2) is 0 Å². The SMILES string of the molecule is C=CCC(=C)C1CCCCCCC1. The standard InChI is InChI=1S/C13H22/c1-3-9-12(2)13-10-7-5-4-6-8-11-13/h3,13H,1-2,4-11H2. The van der Waals surface area contributed by atoms with Crippen LogP contribution in [0.15, 0.2) is 24.8 Å². The number of rotatable bonds is 3. The Hall–Kier alpha value is -0.520. The minimum atomic E-state index is 0.790. The molecule has 0 amide bonds. The number of allylic oxidation sites excluding steroid dienone is 2. The Balaban J connectivity index is 2.36. The van der Waals surface area contributed by atoms with Crippen LogP contribution in [0.5, 0.6) is 0 Å². The summed E-state index contributed by atoms with van der Waals surface area (Å²) in [5, 5.41) is 0. The molecule has 0 unspecified atom stereocenters. The molecule has 1 fully saturated rings. The molecule has 0 bridgehead atoms. The number of hydrogen-bond acceptors (Lipinski definition) is 0. The van der Waals surface area contributed by atoms with E-state index >= 15 is 0 Å². The van der Waals surface area contributed by atoms with Gasteiger partial charge in [-0.2, -0.15) is 0 Å². The van der Waals surface area contributed by atoms with E-state index in [0.29, 0.717) is 0 Å². The quantitative estimate of drug-likeness (QED) is 0.559. The first-order valence-corrected chi connectivity index (χ1v) is 5.63. The Kier molecular flexibility index (Phi) is 4.88. The summed E-state index contributed by atoms with van der Waals surface area (Å²) in [5.41, 5.74) is 1.41. The highest BCUT2D eigenvalue weighted by atomic mass is 14.2. The molecule has 0 aromatic rings. The molecule has 0 radical (unpaired) electrons. The summed E-state index contributed by atoms with van der Waals surface area (Å²) in [4.78, 5) is 0. The van der Waals surface area contributed by atoms with E-state index in [2.05, 4.69) is 13.2 Å². The molecule has 0 N–H and O–H groups in total. The molecular formula is C13H22. The lowest BCUT2D eigenvalue weighted by atomic mass is 9.85. The predicted octanol–water partition coefficient (Wildman–Crippen LogP) is 4.48. The Morgan fingerprint density at radius 3 is 2.15 bits per heavy atom. The van der Waals surface area contributed by atoms with Crippen molar-refractivity contribution in [1.29, 1.82) is 0 Å². The van der Waals surface area contributed by atoms with Gasteiger partial charge in [-0.15, -0.1) is 6.58 Å². The van der Waals surface area contributed by atoms with Crippen LogP contribution in [0.2, 0.25) is 0 Å². The maximum absolute atomic E-state index is 4.17. The number of hydrogen-bond donors (Lipinski definition) is 0. The zero-order valence-corrected chi connectivity index (χ0v) is 8.73. The fraction of sp³-hybridized carbons (Fsp3) is 0.692. The van der Waals surface area contributed by atoms with Gasteiger partial charge in [-0.1, -0.05) is 50.3 Å². The molecule has 74 valence electrons. The second-order valence-corrected chi connectivity index (χ2v) is 4.19. The van der Waals surface area contributed by atoms with Crippen molar-refractivity contribution in [3.05, 3.63) is 24.8 Å². The van der Waals surface area contributed by atoms with E-state index in [1.54, 1.807) is 0 Å². The molecule has 0 aliphatic heterocycles. The third-order valence-electron chi connectivity index (χ3n) is 3.09. The van der Waals surface area contributed by atoms with Crippen LogP contribution in [0.3, 0.4) is 0 Å². The lowest BCUT2D eigenvalue weighted by Gasteiger charge is -2.21. The largest absolute Gasteiger partial charge is 0.103 e. The average molecular weight is 178 g/mol. The van der Waals surface area contributed by atoms with Gasteiger partial charge >= 0.3 is 0 Å². The van der Waals surface area contributed by atoms with E-state index in [0.717, 1.165) is 12.3 Å². The van der Waals surface area contributed by atoms with Crippen molar-refractivity contribution in [1.82, 2.24) is 0 Å². The van der Waals surface area contributed by atoms with Gasteiger partial charge in [0.15, 0.2) is 0 Å². The van der Waals surface area contributed by atoms with E-state index in [-0.39, 0.29) is 0 Å². The molecule has 13 heavy (non-hydrogen) atoms. The maximum Gasteiger partial charge on any atom is -0.0141 e. The van der Waals surface area contributed by atoms with Crippen molar-refractivity contribution < 1.29 is 0 Å². The van der Waals surface area contributed by atoms with Gasteiger partial charge in [-0.05, 0) is 25.2 Å². The molecule has 0 spiro atoms. The highest BCUT2D eigenvalue weighted by molar-refractivity contribution is 5.05. The van der Waals surface area contributed by atoms with Crippen LogP contribution >= 0.6 is 0 Å². The lowest BCUT2D eigenvalue weighted by molar-refractivity contribution is 0.417. The Bertz CT molecular complexity index is 159. The second kappa shape index (κ2) is 6.01. The third kappa shape index (κ3) is 3.80. The van der Waals surface area contributed by atoms with Crippen LogP contribution in [0.4, 0.5) is 0 Å². The highest BCUT2D eigenvalue weighted by Crippen LogP contribution is 2.28. The summed E-state index contributed by atoms with van der Waals surface area (Å²) in [5.74, 6) is 0.790. The topological polar surface area (TPSA) is 0 Å². The van der Waals surface area contributed by atoms with Gasteiger partial charge in [0.25, 0.3) is 0 Å². The molecule has 0 saturated heterocycles. The van der Waals surface area contributed by atoms with E-state index in [1.807, 2.05) is 6.08 Å². The molecule has 0 aromatic heterocycles. The van der Waals surface area contributed by atoms with Gasteiger partial charge in [0.05, 0.1) is 0 Å². The van der Waals surface area contributed by atoms with Gasteiger partial charge < -0.3 is 0 Å². The van der Waals surface area contributed by atoms with Crippen molar-refractivity contribution in [3.63, 3.8) is 0 Å². The zero-order valence-electron chi connectivity index (χ0n) is 8.73. The summed E-state index contributed by atoms with van der Waals surface area (Å²) in [6, 6.07) is 0. The monoisotopic (exact) mass is 178 g/mol. The molecule has 1 aliphatic rings. The summed E-state index contributed by atoms with van der Waals surface area (Å²) in [6.45, 7) is 7.95. The van der Waals surface area contributed by atoms with Crippen LogP contribution in [-0.2, 0) is 0 Å². The van der Waals surface area contributed by atoms with E-state index in [1.165, 1.54) is 50.5 Å². The Morgan fingerprint density at radius 2 is 1.62 bits per heavy atom. The zero-order chi connectivity index (χ0) is 9.52. The Labute approximate surface area is 82.7 Å². The molecule has 0 heteroatoms. The summed E-state index contributed by atoms with van der Waals surface area (Å²) >= 11 is 0. The Morgan fingerprint density at radius 1 is 1.08 bits per heavy atom. The van der Waals surface area contributed by atoms with Crippen LogP contribution < -0.4 is 0 Å². The van der Waals surface area contributed by atoms with Gasteiger partial charge in [-0.3, -0.25) is 0 Å². The highest BCUT2D eigenvalue weighted by Gasteiger charge is 2.12. The third-order valence-corrected chi connectivity index (χ3v) is 3.09. The second-order valence-electron chi connectivity index (χ2n) is 4.19. The van der Waals surface area contributed by atoms with Crippen LogP contribution in [0, 0.1) is 5.92 Å². The fourth-order valence-electron chi connectivity index (χ4n) is 2.22. The van der Waals surface area contributed by atoms with Crippen LogP contribution in [0.1, 0.15) is 51.4 Å². The molecule has 0 nitrogen and oxygen atoms in total. The summed E-state index contributed by atoms with van der Waals surface area (Å²) < 4.78 is 0. The van der Waals surface area contributed by atoms with Gasteiger partial charge in [0.1, 0.15) is 0 Å². The van der Waals surface area contributed by atoms with E-state index in [9.17, 15) is 0 Å². The summed E-state index contributed by atoms with van der Waals surface area (Å²) in [7, 11) is 0. The molecular weight excluding hydrogens is 156 g/mol. The van der Waals surface area contributed by atoms with Crippen molar-refractivity contribution >= 4 is 0 Å². The van der Waals surface area contributed by atoms with Gasteiger partial charge in [0, 0.05) is 0 Å². The minimum absolute atomic E-state index is 0.790. The van der Waals surface area contributed by atoms with E-state index < -0.39 is 0 Å². The van der Waals surface area contributed by atoms with Crippen molar-refractivity contribution in [2.75, 3.05) is 0 Å². The molecule has 1 rings (SSSR count). The van der Waals surface area contributed by atoms with Gasteiger partial charge in [0.2, 0.25) is 0 Å². The molecule has 0 atom stereocenters. The first kappa shape index (κ1) is 10.6. The maximum atomic E-state index is 4.17. The predicted molar refractivity (Wildman–Crippen MR) is 59.8 cm³/mol. The van der Waals surface area contributed by atoms with Crippen molar-refractivity contribution in [3.8, 4) is 0 Å². The lowest BCUT2D eigenvalue weighted by Crippen LogP contribution is -2.05. The van der Waals surface area contributed by atoms with Crippen molar-refractivity contribution in [2.24, 2.45) is 5.92 Å². The van der Waals surface area contributed by atoms with Crippen LogP contribution in [-0.4, -0.2) is 0 Å². The molecule has 0 heterocycles. The normalized spacial score (nSPS) is 20.3. The first-order chi connectivity index (χ1) is 6.34. The molecule has 1 aliphatic carbocycles.